The fraction of sp³-hybridized carbons (Fsp3) is 0.545. The van der Waals surface area contributed by atoms with E-state index in [2.05, 4.69) is 32.1 Å². The molecule has 6 nitrogen and oxygen atoms in total. The molecule has 0 saturated heterocycles. The van der Waals surface area contributed by atoms with Gasteiger partial charge in [0.2, 0.25) is 5.95 Å². The lowest BCUT2D eigenvalue weighted by molar-refractivity contribution is 0.730. The zero-order chi connectivity index (χ0) is 12.4. The smallest absolute Gasteiger partial charge is 0.224 e. The van der Waals surface area contributed by atoms with Gasteiger partial charge in [0.1, 0.15) is 5.69 Å². The van der Waals surface area contributed by atoms with Crippen LogP contribution in [-0.4, -0.2) is 31.1 Å². The molecule has 0 spiro atoms. The van der Waals surface area contributed by atoms with Gasteiger partial charge in [0.15, 0.2) is 5.82 Å². The Hall–Kier alpha value is -1.85. The maximum Gasteiger partial charge on any atom is 0.224 e. The number of rotatable bonds is 4. The van der Waals surface area contributed by atoms with E-state index in [0.717, 1.165) is 36.3 Å². The molecule has 0 bridgehead atoms. The lowest BCUT2D eigenvalue weighted by Crippen LogP contribution is -2.08. The number of hydrogen-bond acceptors (Lipinski definition) is 4. The molecule has 0 unspecified atom stereocenters. The van der Waals surface area contributed by atoms with Crippen LogP contribution in [0.25, 0.3) is 11.5 Å². The molecule has 2 aromatic rings. The highest BCUT2D eigenvalue weighted by atomic mass is 15.4. The van der Waals surface area contributed by atoms with Gasteiger partial charge in [-0.15, -0.1) is 10.2 Å². The topological polar surface area (TPSA) is 60.6 Å². The van der Waals surface area contributed by atoms with Crippen molar-refractivity contribution in [1.29, 1.82) is 0 Å². The van der Waals surface area contributed by atoms with Gasteiger partial charge in [0, 0.05) is 20.1 Å². The molecule has 0 radical (unpaired) electrons. The molecule has 0 aliphatic heterocycles. The highest BCUT2D eigenvalue weighted by Crippen LogP contribution is 2.20. The lowest BCUT2D eigenvalue weighted by Gasteiger charge is -2.07. The van der Waals surface area contributed by atoms with E-state index >= 15 is 0 Å². The van der Waals surface area contributed by atoms with E-state index in [1.807, 2.05) is 31.6 Å². The molecule has 6 heteroatoms. The van der Waals surface area contributed by atoms with E-state index in [0.29, 0.717) is 0 Å². The van der Waals surface area contributed by atoms with Crippen LogP contribution in [0.4, 0.5) is 5.95 Å². The van der Waals surface area contributed by atoms with Gasteiger partial charge in [0.05, 0.1) is 5.69 Å². The highest BCUT2D eigenvalue weighted by Gasteiger charge is 2.15. The summed E-state index contributed by atoms with van der Waals surface area (Å²) >= 11 is 0. The van der Waals surface area contributed by atoms with Crippen LogP contribution >= 0.6 is 0 Å². The normalized spacial score (nSPS) is 10.8. The van der Waals surface area contributed by atoms with E-state index in [1.54, 1.807) is 0 Å². The SMILES string of the molecule is CCNc1nnc(-c2cc(C)nn2C)n1CC. The van der Waals surface area contributed by atoms with Crippen molar-refractivity contribution in [3.05, 3.63) is 11.8 Å². The quantitative estimate of drug-likeness (QED) is 0.869. The molecule has 0 amide bonds. The zero-order valence-electron chi connectivity index (χ0n) is 10.7. The van der Waals surface area contributed by atoms with Crippen LogP contribution < -0.4 is 5.32 Å². The Morgan fingerprint density at radius 3 is 2.59 bits per heavy atom. The number of anilines is 1. The Morgan fingerprint density at radius 1 is 1.29 bits per heavy atom. The summed E-state index contributed by atoms with van der Waals surface area (Å²) in [5.74, 6) is 1.66. The van der Waals surface area contributed by atoms with Crippen molar-refractivity contribution in [3.8, 4) is 11.5 Å². The van der Waals surface area contributed by atoms with Crippen LogP contribution in [-0.2, 0) is 13.6 Å². The summed E-state index contributed by atoms with van der Waals surface area (Å²) < 4.78 is 3.89. The van der Waals surface area contributed by atoms with Crippen LogP contribution in [0, 0.1) is 6.92 Å². The van der Waals surface area contributed by atoms with Gasteiger partial charge in [-0.1, -0.05) is 0 Å². The third-order valence-corrected chi connectivity index (χ3v) is 2.63. The molecule has 0 atom stereocenters. The standard InChI is InChI=1S/C11H18N6/c1-5-12-11-14-13-10(17(11)6-2)9-7-8(3)15-16(9)4/h7H,5-6H2,1-4H3,(H,12,14). The van der Waals surface area contributed by atoms with Crippen LogP contribution in [0.2, 0.25) is 0 Å². The van der Waals surface area contributed by atoms with Gasteiger partial charge < -0.3 is 5.32 Å². The predicted molar refractivity (Wildman–Crippen MR) is 66.8 cm³/mol. The number of nitrogens with zero attached hydrogens (tertiary/aromatic N) is 5. The van der Waals surface area contributed by atoms with Crippen molar-refractivity contribution >= 4 is 5.95 Å². The number of nitrogens with one attached hydrogen (secondary N) is 1. The van der Waals surface area contributed by atoms with E-state index in [1.165, 1.54) is 0 Å². The second-order valence-electron chi connectivity index (χ2n) is 3.92. The third-order valence-electron chi connectivity index (χ3n) is 2.63. The molecule has 0 aliphatic carbocycles. The predicted octanol–water partition coefficient (Wildman–Crippen LogP) is 1.44. The van der Waals surface area contributed by atoms with Crippen molar-refractivity contribution in [2.75, 3.05) is 11.9 Å². The Labute approximate surface area is 101 Å². The summed E-state index contributed by atoms with van der Waals surface area (Å²) in [5.41, 5.74) is 1.97. The van der Waals surface area contributed by atoms with Crippen molar-refractivity contribution in [2.24, 2.45) is 7.05 Å². The maximum atomic E-state index is 4.33. The van der Waals surface area contributed by atoms with Crippen LogP contribution in [0.3, 0.4) is 0 Å². The number of aryl methyl sites for hydroxylation is 2. The molecule has 1 N–H and O–H groups in total. The average molecular weight is 234 g/mol. The van der Waals surface area contributed by atoms with E-state index in [9.17, 15) is 0 Å². The Kier molecular flexibility index (Phi) is 3.12. The molecule has 2 heterocycles. The zero-order valence-corrected chi connectivity index (χ0v) is 10.7. The highest BCUT2D eigenvalue weighted by molar-refractivity contribution is 5.53. The summed E-state index contributed by atoms with van der Waals surface area (Å²) in [7, 11) is 1.92. The van der Waals surface area contributed by atoms with Gasteiger partial charge in [-0.05, 0) is 26.8 Å². The van der Waals surface area contributed by atoms with Gasteiger partial charge in [0.25, 0.3) is 0 Å². The van der Waals surface area contributed by atoms with Gasteiger partial charge in [-0.2, -0.15) is 5.10 Å². The molecule has 0 aromatic carbocycles. The Bertz CT molecular complexity index is 510. The number of aromatic nitrogens is 5. The van der Waals surface area contributed by atoms with Crippen LogP contribution in [0.5, 0.6) is 0 Å². The van der Waals surface area contributed by atoms with Gasteiger partial charge in [-0.25, -0.2) is 0 Å². The first-order valence-corrected chi connectivity index (χ1v) is 5.85. The van der Waals surface area contributed by atoms with Gasteiger partial charge in [-0.3, -0.25) is 9.25 Å². The van der Waals surface area contributed by atoms with E-state index in [4.69, 9.17) is 0 Å². The van der Waals surface area contributed by atoms with E-state index < -0.39 is 0 Å². The minimum atomic E-state index is 0.809. The summed E-state index contributed by atoms with van der Waals surface area (Å²) in [6.45, 7) is 7.76. The fourth-order valence-corrected chi connectivity index (χ4v) is 1.90. The molecule has 0 saturated carbocycles. The molecule has 0 aliphatic rings. The third kappa shape index (κ3) is 2.02. The molecule has 0 fully saturated rings. The number of hydrogen-bond donors (Lipinski definition) is 1. The van der Waals surface area contributed by atoms with Crippen LogP contribution in [0.1, 0.15) is 19.5 Å². The monoisotopic (exact) mass is 234 g/mol. The first-order chi connectivity index (χ1) is 8.17. The largest absolute Gasteiger partial charge is 0.355 e. The van der Waals surface area contributed by atoms with Crippen molar-refractivity contribution < 1.29 is 0 Å². The second-order valence-corrected chi connectivity index (χ2v) is 3.92. The fourth-order valence-electron chi connectivity index (χ4n) is 1.90. The van der Waals surface area contributed by atoms with Crippen molar-refractivity contribution in [3.63, 3.8) is 0 Å². The minimum absolute atomic E-state index is 0.809. The summed E-state index contributed by atoms with van der Waals surface area (Å²) in [6.07, 6.45) is 0. The molecule has 17 heavy (non-hydrogen) atoms. The van der Waals surface area contributed by atoms with Gasteiger partial charge >= 0.3 is 0 Å². The summed E-state index contributed by atoms with van der Waals surface area (Å²) in [5, 5.41) is 15.9. The minimum Gasteiger partial charge on any atom is -0.355 e. The second kappa shape index (κ2) is 4.57. The first-order valence-electron chi connectivity index (χ1n) is 5.85. The Balaban J connectivity index is 2.48. The lowest BCUT2D eigenvalue weighted by atomic mass is 10.3. The van der Waals surface area contributed by atoms with Crippen molar-refractivity contribution in [2.45, 2.75) is 27.3 Å². The molecule has 2 aromatic heterocycles. The average Bonchev–Trinajstić information content (AvgIpc) is 2.82. The van der Waals surface area contributed by atoms with Crippen LogP contribution in [0.15, 0.2) is 6.07 Å². The summed E-state index contributed by atoms with van der Waals surface area (Å²) in [4.78, 5) is 0. The van der Waals surface area contributed by atoms with Crippen molar-refractivity contribution in [1.82, 2.24) is 24.5 Å². The maximum absolute atomic E-state index is 4.33. The molecular formula is C11H18N6. The Morgan fingerprint density at radius 2 is 2.06 bits per heavy atom. The summed E-state index contributed by atoms with van der Waals surface area (Å²) in [6, 6.07) is 2.02. The first kappa shape index (κ1) is 11.6. The molecular weight excluding hydrogens is 216 g/mol. The van der Waals surface area contributed by atoms with E-state index in [-0.39, 0.29) is 0 Å². The molecule has 92 valence electrons. The molecule has 2 rings (SSSR count).